The maximum Gasteiger partial charge on any atom is 0.348 e. The monoisotopic (exact) mass is 396 g/mol. The average molecular weight is 396 g/mol. The Kier molecular flexibility index (Phi) is 4.68. The molecule has 2 aromatic heterocycles. The van der Waals surface area contributed by atoms with Crippen LogP contribution in [-0.4, -0.2) is 49.8 Å². The van der Waals surface area contributed by atoms with Crippen LogP contribution in [-0.2, 0) is 22.6 Å². The van der Waals surface area contributed by atoms with Crippen LogP contribution in [0, 0.1) is 20.8 Å². The predicted octanol–water partition coefficient (Wildman–Crippen LogP) is 0.841. The normalized spacial score (nSPS) is 18.5. The topological polar surface area (TPSA) is 101 Å². The third-order valence-corrected chi connectivity index (χ3v) is 5.74. The number of hydrogen-bond acceptors (Lipinski definition) is 6. The summed E-state index contributed by atoms with van der Waals surface area (Å²) in [6.45, 7) is 5.96. The van der Waals surface area contributed by atoms with Gasteiger partial charge in [0.15, 0.2) is 5.82 Å². The number of carbonyl (C=O) groups excluding carboxylic acids is 2. The fourth-order valence-electron chi connectivity index (χ4n) is 4.15. The van der Waals surface area contributed by atoms with Crippen LogP contribution in [0.15, 0.2) is 10.9 Å². The van der Waals surface area contributed by atoms with Gasteiger partial charge in [-0.25, -0.2) is 14.8 Å². The Labute approximate surface area is 168 Å². The van der Waals surface area contributed by atoms with E-state index in [-0.39, 0.29) is 24.4 Å². The molecule has 0 radical (unpaired) electrons. The molecule has 1 fully saturated rings. The van der Waals surface area contributed by atoms with Gasteiger partial charge >= 0.3 is 5.69 Å². The van der Waals surface area contributed by atoms with Crippen molar-refractivity contribution in [2.45, 2.75) is 52.6 Å². The molecule has 2 aromatic rings. The van der Waals surface area contributed by atoms with Gasteiger partial charge in [-0.3, -0.25) is 19.1 Å². The van der Waals surface area contributed by atoms with Gasteiger partial charge in [0.05, 0.1) is 12.5 Å². The quantitative estimate of drug-likeness (QED) is 0.762. The second-order valence-electron chi connectivity index (χ2n) is 7.75. The van der Waals surface area contributed by atoms with E-state index < -0.39 is 5.69 Å². The molecule has 29 heavy (non-hydrogen) atoms. The van der Waals surface area contributed by atoms with Crippen molar-refractivity contribution in [1.82, 2.24) is 24.4 Å². The fraction of sp³-hybridized carbons (Fsp3) is 0.500. The van der Waals surface area contributed by atoms with E-state index in [9.17, 15) is 14.4 Å². The van der Waals surface area contributed by atoms with Gasteiger partial charge in [0.25, 0.3) is 0 Å². The summed E-state index contributed by atoms with van der Waals surface area (Å²) in [5.74, 6) is 1.02. The molecular weight excluding hydrogens is 372 g/mol. The number of aryl methyl sites for hydroxylation is 3. The molecule has 0 aromatic carbocycles. The predicted molar refractivity (Wildman–Crippen MR) is 106 cm³/mol. The van der Waals surface area contributed by atoms with Crippen LogP contribution in [0.1, 0.15) is 47.4 Å². The van der Waals surface area contributed by atoms with Crippen molar-refractivity contribution < 1.29 is 9.59 Å². The lowest BCUT2D eigenvalue weighted by Gasteiger charge is -2.25. The molecule has 2 aliphatic heterocycles. The van der Waals surface area contributed by atoms with Crippen LogP contribution in [0.25, 0.3) is 0 Å². The number of carbonyl (C=O) groups is 2. The highest BCUT2D eigenvalue weighted by molar-refractivity contribution is 6.00. The minimum atomic E-state index is -0.420. The number of hydrogen-bond donors (Lipinski definition) is 0. The molecule has 0 N–H and O–H groups in total. The second kappa shape index (κ2) is 7.06. The summed E-state index contributed by atoms with van der Waals surface area (Å²) in [5, 5.41) is 0. The maximum atomic E-state index is 13.0. The number of likely N-dealkylation sites (N-methyl/N-ethyl adjacent to an activating group) is 1. The number of fused-ring (bicyclic) bond motifs is 1. The SMILES string of the molecule is Cc1cc(C)n(CC(=O)N2CCCC2c2nc(C)c3c(n2)N(C)C(=O)C3)c(=O)n1. The first-order chi connectivity index (χ1) is 13.8. The Morgan fingerprint density at radius 2 is 1.93 bits per heavy atom. The van der Waals surface area contributed by atoms with Gasteiger partial charge in [0.2, 0.25) is 11.8 Å². The summed E-state index contributed by atoms with van der Waals surface area (Å²) in [7, 11) is 1.71. The Balaban J connectivity index is 1.62. The highest BCUT2D eigenvalue weighted by Crippen LogP contribution is 2.34. The van der Waals surface area contributed by atoms with E-state index in [1.54, 1.807) is 36.8 Å². The van der Waals surface area contributed by atoms with Crippen LogP contribution in [0.5, 0.6) is 0 Å². The molecule has 0 saturated carbocycles. The van der Waals surface area contributed by atoms with Crippen LogP contribution >= 0.6 is 0 Å². The van der Waals surface area contributed by atoms with E-state index in [2.05, 4.69) is 15.0 Å². The third kappa shape index (κ3) is 3.30. The van der Waals surface area contributed by atoms with Crippen molar-refractivity contribution in [2.75, 3.05) is 18.5 Å². The Bertz CT molecular complexity index is 1080. The zero-order chi connectivity index (χ0) is 20.9. The summed E-state index contributed by atoms with van der Waals surface area (Å²) >= 11 is 0. The van der Waals surface area contributed by atoms with Crippen LogP contribution in [0.2, 0.25) is 0 Å². The summed E-state index contributed by atoms with van der Waals surface area (Å²) in [4.78, 5) is 53.8. The average Bonchev–Trinajstić information content (AvgIpc) is 3.25. The molecule has 0 bridgehead atoms. The summed E-state index contributed by atoms with van der Waals surface area (Å²) < 4.78 is 1.39. The Morgan fingerprint density at radius 1 is 1.17 bits per heavy atom. The number of aromatic nitrogens is 4. The molecule has 1 saturated heterocycles. The fourth-order valence-corrected chi connectivity index (χ4v) is 4.15. The van der Waals surface area contributed by atoms with E-state index in [0.717, 1.165) is 24.1 Å². The molecule has 0 aliphatic carbocycles. The number of rotatable bonds is 3. The summed E-state index contributed by atoms with van der Waals surface area (Å²) in [6, 6.07) is 1.53. The molecule has 9 nitrogen and oxygen atoms in total. The lowest BCUT2D eigenvalue weighted by molar-refractivity contribution is -0.133. The molecule has 4 rings (SSSR count). The highest BCUT2D eigenvalue weighted by atomic mass is 16.2. The number of anilines is 1. The van der Waals surface area contributed by atoms with Crippen LogP contribution in [0.3, 0.4) is 0 Å². The number of nitrogens with zero attached hydrogens (tertiary/aromatic N) is 6. The van der Waals surface area contributed by atoms with E-state index in [4.69, 9.17) is 0 Å². The van der Waals surface area contributed by atoms with Crippen molar-refractivity contribution in [3.05, 3.63) is 45.0 Å². The van der Waals surface area contributed by atoms with Gasteiger partial charge in [0, 0.05) is 36.2 Å². The molecule has 4 heterocycles. The molecular formula is C20H24N6O3. The van der Waals surface area contributed by atoms with Gasteiger partial charge in [-0.1, -0.05) is 0 Å². The van der Waals surface area contributed by atoms with E-state index in [0.29, 0.717) is 36.0 Å². The smallest absolute Gasteiger partial charge is 0.331 e. The molecule has 9 heteroatoms. The number of likely N-dealkylation sites (tertiary alicyclic amines) is 1. The van der Waals surface area contributed by atoms with Crippen molar-refractivity contribution in [3.63, 3.8) is 0 Å². The van der Waals surface area contributed by atoms with Crippen molar-refractivity contribution >= 4 is 17.6 Å². The molecule has 2 aliphatic rings. The molecule has 2 amide bonds. The highest BCUT2D eigenvalue weighted by Gasteiger charge is 2.35. The van der Waals surface area contributed by atoms with E-state index in [1.807, 2.05) is 6.92 Å². The first kappa shape index (κ1) is 19.2. The van der Waals surface area contributed by atoms with Gasteiger partial charge < -0.3 is 4.90 Å². The molecule has 1 unspecified atom stereocenters. The lowest BCUT2D eigenvalue weighted by Crippen LogP contribution is -2.38. The van der Waals surface area contributed by atoms with Gasteiger partial charge in [-0.05, 0) is 39.7 Å². The minimum Gasteiger partial charge on any atom is -0.331 e. The third-order valence-electron chi connectivity index (χ3n) is 5.74. The lowest BCUT2D eigenvalue weighted by atomic mass is 10.1. The van der Waals surface area contributed by atoms with Crippen LogP contribution < -0.4 is 10.6 Å². The molecule has 152 valence electrons. The Hall–Kier alpha value is -3.10. The van der Waals surface area contributed by atoms with Crippen molar-refractivity contribution in [1.29, 1.82) is 0 Å². The zero-order valence-electron chi connectivity index (χ0n) is 17.1. The maximum absolute atomic E-state index is 13.0. The minimum absolute atomic E-state index is 0.00405. The molecule has 1 atom stereocenters. The Morgan fingerprint density at radius 3 is 2.66 bits per heavy atom. The summed E-state index contributed by atoms with van der Waals surface area (Å²) in [5.41, 5.74) is 2.55. The summed E-state index contributed by atoms with van der Waals surface area (Å²) in [6.07, 6.45) is 1.90. The first-order valence-corrected chi connectivity index (χ1v) is 9.74. The van der Waals surface area contributed by atoms with Gasteiger partial charge in [-0.2, -0.15) is 4.98 Å². The second-order valence-corrected chi connectivity index (χ2v) is 7.75. The van der Waals surface area contributed by atoms with Gasteiger partial charge in [0.1, 0.15) is 12.4 Å². The van der Waals surface area contributed by atoms with Gasteiger partial charge in [-0.15, -0.1) is 0 Å². The van der Waals surface area contributed by atoms with Crippen molar-refractivity contribution in [2.24, 2.45) is 0 Å². The standard InChI is InChI=1S/C20H24N6O3/c1-11-8-12(2)26(20(29)21-11)10-17(28)25-7-5-6-15(25)18-22-13(3)14-9-16(27)24(4)19(14)23-18/h8,15H,5-7,9-10H2,1-4H3. The number of amides is 2. The zero-order valence-corrected chi connectivity index (χ0v) is 17.1. The van der Waals surface area contributed by atoms with Crippen LogP contribution in [0.4, 0.5) is 5.82 Å². The van der Waals surface area contributed by atoms with E-state index in [1.165, 1.54) is 4.57 Å². The van der Waals surface area contributed by atoms with E-state index >= 15 is 0 Å². The molecule has 0 spiro atoms. The van der Waals surface area contributed by atoms with Crippen molar-refractivity contribution in [3.8, 4) is 0 Å². The largest absolute Gasteiger partial charge is 0.348 e. The first-order valence-electron chi connectivity index (χ1n) is 9.74.